The van der Waals surface area contributed by atoms with Crippen molar-refractivity contribution in [1.82, 2.24) is 4.90 Å². The highest BCUT2D eigenvalue weighted by atomic mass is 79.9. The fourth-order valence-corrected chi connectivity index (χ4v) is 3.61. The highest BCUT2D eigenvalue weighted by molar-refractivity contribution is 9.10. The lowest BCUT2D eigenvalue weighted by atomic mass is 10.2. The van der Waals surface area contributed by atoms with Crippen molar-refractivity contribution in [3.05, 3.63) is 27.2 Å². The zero-order valence-electron chi connectivity index (χ0n) is 10.7. The summed E-state index contributed by atoms with van der Waals surface area (Å²) in [4.78, 5) is 13.3. The molecule has 0 saturated carbocycles. The summed E-state index contributed by atoms with van der Waals surface area (Å²) in [7, 11) is 4.34. The highest BCUT2D eigenvalue weighted by Crippen LogP contribution is 2.32. The van der Waals surface area contributed by atoms with Crippen molar-refractivity contribution < 1.29 is 17.9 Å². The number of carbonyl (C=O) groups excluding carboxylic acids is 1. The van der Waals surface area contributed by atoms with Gasteiger partial charge in [0.2, 0.25) is 0 Å². The van der Waals surface area contributed by atoms with Gasteiger partial charge in [0.15, 0.2) is 0 Å². The van der Waals surface area contributed by atoms with Crippen LogP contribution in [0.1, 0.15) is 10.4 Å². The van der Waals surface area contributed by atoms with E-state index in [4.69, 9.17) is 27.0 Å². The first-order valence-electron chi connectivity index (χ1n) is 5.36. The number of hydrogen-bond acceptors (Lipinski definition) is 4. The molecule has 1 rings (SSSR count). The molecule has 0 atom stereocenters. The van der Waals surface area contributed by atoms with Crippen LogP contribution in [0.3, 0.4) is 0 Å². The second kappa shape index (κ2) is 7.09. The minimum absolute atomic E-state index is 0.0545. The van der Waals surface area contributed by atoms with Gasteiger partial charge in [0.05, 0.1) is 17.2 Å². The Balaban J connectivity index is 3.26. The summed E-state index contributed by atoms with van der Waals surface area (Å²) in [6.07, 6.45) is 0. The quantitative estimate of drug-likeness (QED) is 0.707. The largest absolute Gasteiger partial charge is 0.383 e. The molecule has 20 heavy (non-hydrogen) atoms. The molecule has 9 heteroatoms. The Bertz CT molecular complexity index is 621. The van der Waals surface area contributed by atoms with Crippen molar-refractivity contribution in [3.63, 3.8) is 0 Å². The van der Waals surface area contributed by atoms with Crippen LogP contribution in [-0.2, 0) is 13.8 Å². The lowest BCUT2D eigenvalue weighted by molar-refractivity contribution is 0.0744. The number of carbonyl (C=O) groups is 1. The topological polar surface area (TPSA) is 63.7 Å². The van der Waals surface area contributed by atoms with E-state index < -0.39 is 15.0 Å². The number of ether oxygens (including phenoxy) is 1. The molecule has 0 aromatic heterocycles. The number of likely N-dealkylation sites (N-methyl/N-ethyl adjacent to an activating group) is 1. The molecule has 0 fully saturated rings. The molecule has 1 aromatic rings. The number of rotatable bonds is 5. The van der Waals surface area contributed by atoms with Gasteiger partial charge >= 0.3 is 0 Å². The second-order valence-electron chi connectivity index (χ2n) is 3.92. The lowest BCUT2D eigenvalue weighted by Gasteiger charge is -2.18. The normalized spacial score (nSPS) is 11.4. The summed E-state index contributed by atoms with van der Waals surface area (Å²) in [5.41, 5.74) is 0.0545. The third-order valence-electron chi connectivity index (χ3n) is 2.47. The monoisotopic (exact) mass is 403 g/mol. The Morgan fingerprint density at radius 3 is 2.55 bits per heavy atom. The van der Waals surface area contributed by atoms with Crippen LogP contribution in [-0.4, -0.2) is 46.5 Å². The van der Waals surface area contributed by atoms with Gasteiger partial charge in [-0.15, -0.1) is 0 Å². The molecule has 0 N–H and O–H groups in total. The first-order chi connectivity index (χ1) is 9.18. The van der Waals surface area contributed by atoms with E-state index in [-0.39, 0.29) is 15.5 Å². The van der Waals surface area contributed by atoms with E-state index in [0.29, 0.717) is 17.6 Å². The van der Waals surface area contributed by atoms with Crippen LogP contribution in [0, 0.1) is 0 Å². The van der Waals surface area contributed by atoms with Crippen LogP contribution in [0.25, 0.3) is 0 Å². The van der Waals surface area contributed by atoms with E-state index in [2.05, 4.69) is 15.9 Å². The Morgan fingerprint density at radius 2 is 2.05 bits per heavy atom. The lowest BCUT2D eigenvalue weighted by Crippen LogP contribution is -2.30. The summed E-state index contributed by atoms with van der Waals surface area (Å²) in [6.45, 7) is 0.704. The van der Waals surface area contributed by atoms with Crippen molar-refractivity contribution >= 4 is 53.2 Å². The molecule has 0 aliphatic carbocycles. The molecule has 112 valence electrons. The third-order valence-corrected chi connectivity index (χ3v) is 4.80. The van der Waals surface area contributed by atoms with Crippen LogP contribution in [0.15, 0.2) is 21.5 Å². The fourth-order valence-electron chi connectivity index (χ4n) is 1.43. The molecular weight excluding hydrogens is 393 g/mol. The van der Waals surface area contributed by atoms with Crippen LogP contribution in [0.2, 0.25) is 5.02 Å². The number of benzene rings is 1. The molecule has 1 aromatic carbocycles. The Hall–Kier alpha value is -0.340. The SMILES string of the molecule is COCCN(C)C(=O)c1cc(Br)cc(S(=O)(=O)Cl)c1Cl. The van der Waals surface area contributed by atoms with Gasteiger partial charge in [0.1, 0.15) is 4.90 Å². The Morgan fingerprint density at radius 1 is 1.45 bits per heavy atom. The van der Waals surface area contributed by atoms with Crippen molar-refractivity contribution in [2.45, 2.75) is 4.90 Å². The summed E-state index contributed by atoms with van der Waals surface area (Å²) < 4.78 is 28.1. The number of amides is 1. The number of hydrogen-bond donors (Lipinski definition) is 0. The molecule has 0 spiro atoms. The Kier molecular flexibility index (Phi) is 6.27. The molecule has 5 nitrogen and oxygen atoms in total. The van der Waals surface area contributed by atoms with Crippen LogP contribution in [0.5, 0.6) is 0 Å². The fraction of sp³-hybridized carbons (Fsp3) is 0.364. The first kappa shape index (κ1) is 17.7. The van der Waals surface area contributed by atoms with Gasteiger partial charge in [-0.2, -0.15) is 0 Å². The average Bonchev–Trinajstić information content (AvgIpc) is 2.36. The van der Waals surface area contributed by atoms with Gasteiger partial charge in [-0.3, -0.25) is 4.79 Å². The van der Waals surface area contributed by atoms with Gasteiger partial charge < -0.3 is 9.64 Å². The molecule has 0 bridgehead atoms. The molecule has 1 amide bonds. The highest BCUT2D eigenvalue weighted by Gasteiger charge is 2.23. The van der Waals surface area contributed by atoms with Crippen LogP contribution < -0.4 is 0 Å². The summed E-state index contributed by atoms with van der Waals surface area (Å²) in [6, 6.07) is 2.69. The number of methoxy groups -OCH3 is 1. The van der Waals surface area contributed by atoms with Gasteiger partial charge in [-0.25, -0.2) is 8.42 Å². The predicted octanol–water partition coefficient (Wildman–Crippen LogP) is 2.75. The molecule has 0 aliphatic rings. The maximum Gasteiger partial charge on any atom is 0.262 e. The van der Waals surface area contributed by atoms with Crippen molar-refractivity contribution in [2.24, 2.45) is 0 Å². The summed E-state index contributed by atoms with van der Waals surface area (Å²) in [5, 5.41) is -0.197. The summed E-state index contributed by atoms with van der Waals surface area (Å²) >= 11 is 9.11. The zero-order valence-corrected chi connectivity index (χ0v) is 14.6. The van der Waals surface area contributed by atoms with Crippen LogP contribution in [0.4, 0.5) is 0 Å². The van der Waals surface area contributed by atoms with Crippen LogP contribution >= 0.6 is 38.2 Å². The zero-order chi connectivity index (χ0) is 15.5. The van der Waals surface area contributed by atoms with Gasteiger partial charge in [-0.05, 0) is 12.1 Å². The molecule has 0 aliphatic heterocycles. The molecule has 0 saturated heterocycles. The van der Waals surface area contributed by atoms with E-state index in [9.17, 15) is 13.2 Å². The number of nitrogens with zero attached hydrogens (tertiary/aromatic N) is 1. The minimum Gasteiger partial charge on any atom is -0.383 e. The smallest absolute Gasteiger partial charge is 0.262 e. The van der Waals surface area contributed by atoms with E-state index in [1.54, 1.807) is 7.05 Å². The summed E-state index contributed by atoms with van der Waals surface area (Å²) in [5.74, 6) is -0.421. The van der Waals surface area contributed by atoms with Gasteiger partial charge in [0.25, 0.3) is 15.0 Å². The second-order valence-corrected chi connectivity index (χ2v) is 7.75. The van der Waals surface area contributed by atoms with Crippen molar-refractivity contribution in [2.75, 3.05) is 27.3 Å². The average molecular weight is 405 g/mol. The third kappa shape index (κ3) is 4.33. The van der Waals surface area contributed by atoms with Gasteiger partial charge in [0, 0.05) is 35.9 Å². The molecule has 0 heterocycles. The molecule has 0 unspecified atom stereocenters. The molecular formula is C11H12BrCl2NO4S. The maximum absolute atomic E-state index is 12.2. The predicted molar refractivity (Wildman–Crippen MR) is 81.0 cm³/mol. The van der Waals surface area contributed by atoms with Crippen molar-refractivity contribution in [1.29, 1.82) is 0 Å². The first-order valence-corrected chi connectivity index (χ1v) is 8.84. The molecule has 0 radical (unpaired) electrons. The van der Waals surface area contributed by atoms with E-state index in [1.807, 2.05) is 0 Å². The maximum atomic E-state index is 12.2. The minimum atomic E-state index is -4.04. The Labute approximate surface area is 135 Å². The number of halogens is 3. The van der Waals surface area contributed by atoms with Crippen molar-refractivity contribution in [3.8, 4) is 0 Å². The standard InChI is InChI=1S/C11H12BrCl2NO4S/c1-15(3-4-19-2)11(16)8-5-7(12)6-9(10(8)13)20(14,17)18/h5-6H,3-4H2,1-2H3. The van der Waals surface area contributed by atoms with E-state index in [1.165, 1.54) is 24.1 Å². The van der Waals surface area contributed by atoms with Gasteiger partial charge in [-0.1, -0.05) is 27.5 Å². The van der Waals surface area contributed by atoms with E-state index >= 15 is 0 Å². The van der Waals surface area contributed by atoms with E-state index in [0.717, 1.165) is 0 Å².